The van der Waals surface area contributed by atoms with Crippen LogP contribution in [0.4, 0.5) is 0 Å². The molecule has 0 aliphatic rings. The average Bonchev–Trinajstić information content (AvgIpc) is 3.20. The number of aromatic amines is 1. The summed E-state index contributed by atoms with van der Waals surface area (Å²) < 4.78 is 0. The van der Waals surface area contributed by atoms with E-state index in [2.05, 4.69) is 15.5 Å². The first-order valence-electron chi connectivity index (χ1n) is 11.5. The average molecular weight is 448 g/mol. The Hall–Kier alpha value is -3.41. The number of para-hydroxylation sites is 1. The van der Waals surface area contributed by atoms with Crippen molar-refractivity contribution in [1.29, 1.82) is 0 Å². The highest BCUT2D eigenvalue weighted by Crippen LogP contribution is 2.20. The van der Waals surface area contributed by atoms with Gasteiger partial charge in [0.15, 0.2) is 5.78 Å². The van der Waals surface area contributed by atoms with E-state index in [1.807, 2.05) is 88.5 Å². The summed E-state index contributed by atoms with van der Waals surface area (Å²) in [6.45, 7) is 8.01. The second-order valence-corrected chi connectivity index (χ2v) is 9.04. The van der Waals surface area contributed by atoms with Crippen molar-refractivity contribution in [1.82, 2.24) is 10.3 Å². The molecule has 0 aliphatic carbocycles. The maximum Gasteiger partial charge on any atom is 0.269 e. The molecule has 3 aromatic rings. The van der Waals surface area contributed by atoms with Gasteiger partial charge in [-0.05, 0) is 23.1 Å². The lowest BCUT2D eigenvalue weighted by Gasteiger charge is -2.20. The number of carbonyl (C=O) groups is 2. The molecule has 0 saturated carbocycles. The fourth-order valence-electron chi connectivity index (χ4n) is 3.70. The topological polar surface area (TPSA) is 83.5 Å². The number of nitrogens with zero attached hydrogens (tertiary/aromatic N) is 1. The first-order chi connectivity index (χ1) is 15.8. The molecule has 1 amide bonds. The molecule has 33 heavy (non-hydrogen) atoms. The van der Waals surface area contributed by atoms with Crippen LogP contribution in [0, 0.1) is 11.8 Å². The van der Waals surface area contributed by atoms with Crippen LogP contribution in [0.5, 0.6) is 0 Å². The van der Waals surface area contributed by atoms with Gasteiger partial charge in [-0.25, -0.2) is 0 Å². The number of amides is 1. The van der Waals surface area contributed by atoms with Crippen molar-refractivity contribution in [2.75, 3.05) is 0 Å². The van der Waals surface area contributed by atoms with E-state index < -0.39 is 6.04 Å². The summed E-state index contributed by atoms with van der Waals surface area (Å²) in [5, 5.41) is 8.14. The third-order valence-corrected chi connectivity index (χ3v) is 5.43. The van der Waals surface area contributed by atoms with Crippen LogP contribution in [0.2, 0.25) is 0 Å². The first kappa shape index (κ1) is 24.2. The number of hydrogen-bond donors (Lipinski definition) is 2. The minimum absolute atomic E-state index is 0.0114. The zero-order chi connectivity index (χ0) is 23.8. The molecule has 0 saturated heterocycles. The summed E-state index contributed by atoms with van der Waals surface area (Å²) in [6.07, 6.45) is 2.77. The van der Waals surface area contributed by atoms with Crippen molar-refractivity contribution < 1.29 is 14.4 Å². The third-order valence-electron chi connectivity index (χ3n) is 5.43. The van der Waals surface area contributed by atoms with Crippen LogP contribution in [0.15, 0.2) is 65.9 Å². The molecule has 0 aliphatic heterocycles. The van der Waals surface area contributed by atoms with Crippen molar-refractivity contribution in [2.45, 2.75) is 53.2 Å². The van der Waals surface area contributed by atoms with Gasteiger partial charge >= 0.3 is 0 Å². The number of carbonyl (C=O) groups excluding carboxylic acids is 2. The van der Waals surface area contributed by atoms with E-state index in [0.29, 0.717) is 18.6 Å². The molecule has 3 rings (SSSR count). The Balaban J connectivity index is 1.77. The standard InChI is InChI=1S/C27H33N3O3/c1-18(2)14-25(30-33-17-20-10-6-5-7-11-20)27(32)29-24(26(31)19(3)4)15-21-16-28-23-13-9-8-12-22(21)23/h5-13,16,18-19,24,28H,14-15,17H2,1-4H3,(H,29,32). The zero-order valence-corrected chi connectivity index (χ0v) is 19.8. The molecule has 174 valence electrons. The maximum atomic E-state index is 13.2. The van der Waals surface area contributed by atoms with Gasteiger partial charge in [0.25, 0.3) is 5.91 Å². The van der Waals surface area contributed by atoms with Gasteiger partial charge in [-0.2, -0.15) is 0 Å². The Morgan fingerprint density at radius 3 is 2.39 bits per heavy atom. The molecule has 2 aromatic carbocycles. The Kier molecular flexibility index (Phi) is 8.41. The molecule has 1 atom stereocenters. The molecule has 0 spiro atoms. The lowest BCUT2D eigenvalue weighted by Crippen LogP contribution is -2.47. The number of rotatable bonds is 11. The first-order valence-corrected chi connectivity index (χ1v) is 11.5. The molecular formula is C27H33N3O3. The number of oxime groups is 1. The molecule has 0 fully saturated rings. The summed E-state index contributed by atoms with van der Waals surface area (Å²) in [5.74, 6) is -0.374. The Morgan fingerprint density at radius 2 is 1.70 bits per heavy atom. The predicted octanol–water partition coefficient (Wildman–Crippen LogP) is 5.04. The minimum atomic E-state index is -0.650. The molecule has 2 N–H and O–H groups in total. The lowest BCUT2D eigenvalue weighted by molar-refractivity contribution is -0.127. The Morgan fingerprint density at radius 1 is 1.00 bits per heavy atom. The zero-order valence-electron chi connectivity index (χ0n) is 19.8. The molecular weight excluding hydrogens is 414 g/mol. The van der Waals surface area contributed by atoms with E-state index in [-0.39, 0.29) is 30.1 Å². The fraction of sp³-hybridized carbons (Fsp3) is 0.370. The number of hydrogen-bond acceptors (Lipinski definition) is 4. The van der Waals surface area contributed by atoms with E-state index in [9.17, 15) is 9.59 Å². The molecule has 0 bridgehead atoms. The fourth-order valence-corrected chi connectivity index (χ4v) is 3.70. The van der Waals surface area contributed by atoms with Crippen LogP contribution in [0.1, 0.15) is 45.2 Å². The van der Waals surface area contributed by atoms with Crippen molar-refractivity contribution in [3.05, 3.63) is 71.9 Å². The number of H-pyrrole nitrogens is 1. The summed E-state index contributed by atoms with van der Waals surface area (Å²) in [7, 11) is 0. The number of benzene rings is 2. The van der Waals surface area contributed by atoms with Crippen LogP contribution in [-0.4, -0.2) is 28.4 Å². The number of ketones is 1. The third kappa shape index (κ3) is 6.78. The maximum absolute atomic E-state index is 13.2. The van der Waals surface area contributed by atoms with Gasteiger partial charge in [-0.15, -0.1) is 0 Å². The second kappa shape index (κ2) is 11.5. The quantitative estimate of drug-likeness (QED) is 0.319. The van der Waals surface area contributed by atoms with E-state index in [1.165, 1.54) is 0 Å². The largest absolute Gasteiger partial charge is 0.391 e. The van der Waals surface area contributed by atoms with E-state index in [0.717, 1.165) is 22.0 Å². The number of fused-ring (bicyclic) bond motifs is 1. The van der Waals surface area contributed by atoms with E-state index in [1.54, 1.807) is 0 Å². The van der Waals surface area contributed by atoms with Crippen LogP contribution in [0.25, 0.3) is 10.9 Å². The van der Waals surface area contributed by atoms with Crippen molar-refractivity contribution in [3.8, 4) is 0 Å². The predicted molar refractivity (Wildman–Crippen MR) is 132 cm³/mol. The summed E-state index contributed by atoms with van der Waals surface area (Å²) >= 11 is 0. The number of Topliss-reactive ketones (excluding diaryl/α,β-unsaturated/α-hetero) is 1. The van der Waals surface area contributed by atoms with Crippen LogP contribution >= 0.6 is 0 Å². The monoisotopic (exact) mass is 447 g/mol. The van der Waals surface area contributed by atoms with Gasteiger partial charge in [0.05, 0.1) is 6.04 Å². The molecule has 1 unspecified atom stereocenters. The van der Waals surface area contributed by atoms with Gasteiger partial charge in [0.2, 0.25) is 0 Å². The highest BCUT2D eigenvalue weighted by Gasteiger charge is 2.27. The van der Waals surface area contributed by atoms with Crippen LogP contribution in [-0.2, 0) is 27.5 Å². The van der Waals surface area contributed by atoms with Gasteiger partial charge in [-0.1, -0.05) is 81.4 Å². The van der Waals surface area contributed by atoms with E-state index >= 15 is 0 Å². The van der Waals surface area contributed by atoms with Crippen molar-refractivity contribution in [2.24, 2.45) is 17.0 Å². The normalized spacial score (nSPS) is 12.8. The molecule has 1 aromatic heterocycles. The molecule has 1 heterocycles. The van der Waals surface area contributed by atoms with Crippen LogP contribution < -0.4 is 5.32 Å². The minimum Gasteiger partial charge on any atom is -0.391 e. The van der Waals surface area contributed by atoms with Crippen molar-refractivity contribution >= 4 is 28.3 Å². The molecule has 0 radical (unpaired) electrons. The number of nitrogens with one attached hydrogen (secondary N) is 2. The van der Waals surface area contributed by atoms with Gasteiger partial charge in [0.1, 0.15) is 12.3 Å². The molecule has 6 nitrogen and oxygen atoms in total. The number of aromatic nitrogens is 1. The summed E-state index contributed by atoms with van der Waals surface area (Å²) in [5.41, 5.74) is 3.26. The Bertz CT molecular complexity index is 1100. The summed E-state index contributed by atoms with van der Waals surface area (Å²) in [6, 6.07) is 17.0. The van der Waals surface area contributed by atoms with Crippen LogP contribution in [0.3, 0.4) is 0 Å². The smallest absolute Gasteiger partial charge is 0.269 e. The Labute approximate surface area is 195 Å². The van der Waals surface area contributed by atoms with E-state index in [4.69, 9.17) is 4.84 Å². The lowest BCUT2D eigenvalue weighted by atomic mass is 9.95. The van der Waals surface area contributed by atoms with Gasteiger partial charge in [0, 0.05) is 35.9 Å². The highest BCUT2D eigenvalue weighted by molar-refractivity contribution is 6.39. The highest BCUT2D eigenvalue weighted by atomic mass is 16.6. The summed E-state index contributed by atoms with van der Waals surface area (Å²) in [4.78, 5) is 34.9. The van der Waals surface area contributed by atoms with Crippen molar-refractivity contribution in [3.63, 3.8) is 0 Å². The van der Waals surface area contributed by atoms with Gasteiger partial charge in [-0.3, -0.25) is 9.59 Å². The second-order valence-electron chi connectivity index (χ2n) is 9.04. The molecule has 6 heteroatoms. The van der Waals surface area contributed by atoms with Gasteiger partial charge < -0.3 is 15.1 Å². The SMILES string of the molecule is CC(C)CC(=NOCc1ccccc1)C(=O)NC(Cc1c[nH]c2ccccc12)C(=O)C(C)C.